The van der Waals surface area contributed by atoms with Gasteiger partial charge in [-0.2, -0.15) is 0 Å². The van der Waals surface area contributed by atoms with Gasteiger partial charge in [-0.15, -0.1) is 0 Å². The minimum absolute atomic E-state index is 1.10. The lowest BCUT2D eigenvalue weighted by Crippen LogP contribution is -2.09. The molecule has 0 unspecified atom stereocenters. The van der Waals surface area contributed by atoms with Crippen molar-refractivity contribution in [3.8, 4) is 78.1 Å². The van der Waals surface area contributed by atoms with Crippen LogP contribution in [0.5, 0.6) is 0 Å². The van der Waals surface area contributed by atoms with E-state index < -0.39 is 0 Å². The van der Waals surface area contributed by atoms with Crippen LogP contribution in [-0.2, 0) is 0 Å². The zero-order valence-electron chi connectivity index (χ0n) is 63.7. The third-order valence-corrected chi connectivity index (χ3v) is 23.1. The molecule has 0 aliphatic heterocycles. The van der Waals surface area contributed by atoms with E-state index in [0.29, 0.717) is 0 Å². The lowest BCUT2D eigenvalue weighted by atomic mass is 9.98. The Bertz CT molecular complexity index is 7380. The quantitative estimate of drug-likeness (QED) is 0.108. The maximum Gasteiger partial charge on any atom is 0.0541 e. The molecule has 0 saturated heterocycles. The van der Waals surface area contributed by atoms with E-state index in [1.165, 1.54) is 165 Å². The van der Waals surface area contributed by atoms with E-state index in [0.717, 1.165) is 34.1 Å². The van der Waals surface area contributed by atoms with Crippen molar-refractivity contribution >= 4 is 121 Å². The summed E-state index contributed by atoms with van der Waals surface area (Å²) in [6.07, 6.45) is 0. The van der Waals surface area contributed by atoms with Crippen LogP contribution >= 0.6 is 0 Å². The van der Waals surface area contributed by atoms with E-state index in [9.17, 15) is 0 Å². The smallest absolute Gasteiger partial charge is 0.0541 e. The minimum Gasteiger partial charge on any atom is -0.311 e. The van der Waals surface area contributed by atoms with Crippen molar-refractivity contribution in [3.05, 3.63) is 461 Å². The first-order valence-corrected chi connectivity index (χ1v) is 39.8. The third kappa shape index (κ3) is 12.9. The Morgan fingerprint density at radius 1 is 0.138 bits per heavy atom. The predicted molar refractivity (Wildman–Crippen MR) is 494 cm³/mol. The van der Waals surface area contributed by atoms with Gasteiger partial charge in [0.25, 0.3) is 0 Å². The summed E-state index contributed by atoms with van der Waals surface area (Å²) >= 11 is 0. The van der Waals surface area contributed by atoms with Gasteiger partial charge >= 0.3 is 0 Å². The molecule has 0 spiro atoms. The molecule has 116 heavy (non-hydrogen) atoms. The van der Waals surface area contributed by atoms with E-state index in [1.54, 1.807) is 0 Å². The Hall–Kier alpha value is -15.4. The molecule has 4 heteroatoms. The van der Waals surface area contributed by atoms with Gasteiger partial charge in [0, 0.05) is 67.0 Å². The highest BCUT2D eigenvalue weighted by Gasteiger charge is 2.21. The summed E-state index contributed by atoms with van der Waals surface area (Å²) < 4.78 is 4.80. The van der Waals surface area contributed by atoms with Gasteiger partial charge in [-0.3, -0.25) is 0 Å². The lowest BCUT2D eigenvalue weighted by molar-refractivity contribution is 1.19. The molecule has 0 radical (unpaired) electrons. The van der Waals surface area contributed by atoms with Crippen LogP contribution in [0.3, 0.4) is 0 Å². The molecule has 2 aromatic heterocycles. The van der Waals surface area contributed by atoms with Gasteiger partial charge in [-0.05, 0) is 249 Å². The van der Waals surface area contributed by atoms with Gasteiger partial charge in [0.2, 0.25) is 0 Å². The van der Waals surface area contributed by atoms with Crippen LogP contribution in [-0.4, -0.2) is 9.13 Å². The van der Waals surface area contributed by atoms with E-state index >= 15 is 0 Å². The molecular weight excluding hydrogens is 1400 g/mol. The number of anilines is 6. The molecule has 0 saturated carbocycles. The molecule has 544 valence electrons. The van der Waals surface area contributed by atoms with E-state index in [4.69, 9.17) is 0 Å². The number of nitrogens with zero attached hydrogens (tertiary/aromatic N) is 4. The van der Waals surface area contributed by atoms with Crippen molar-refractivity contribution in [2.45, 2.75) is 0 Å². The minimum atomic E-state index is 1.10. The number of rotatable bonds is 14. The highest BCUT2D eigenvalue weighted by molar-refractivity contribution is 6.12. The van der Waals surface area contributed by atoms with Crippen molar-refractivity contribution in [1.29, 1.82) is 0 Å². The van der Waals surface area contributed by atoms with Gasteiger partial charge in [0.1, 0.15) is 0 Å². The Kier molecular flexibility index (Phi) is 17.6. The highest BCUT2D eigenvalue weighted by Crippen LogP contribution is 2.44. The fraction of sp³-hybridized carbons (Fsp3) is 0. The zero-order valence-corrected chi connectivity index (χ0v) is 63.7. The number of hydrogen-bond donors (Lipinski definition) is 0. The molecule has 0 amide bonds. The topological polar surface area (TPSA) is 16.3 Å². The molecule has 22 aromatic rings. The zero-order chi connectivity index (χ0) is 76.8. The van der Waals surface area contributed by atoms with E-state index in [-0.39, 0.29) is 0 Å². The maximum atomic E-state index is 2.40. The molecule has 0 atom stereocenters. The van der Waals surface area contributed by atoms with Crippen LogP contribution in [0.4, 0.5) is 34.1 Å². The van der Waals surface area contributed by atoms with Crippen molar-refractivity contribution in [3.63, 3.8) is 0 Å². The Morgan fingerprint density at radius 2 is 0.405 bits per heavy atom. The molecule has 2 heterocycles. The summed E-state index contributed by atoms with van der Waals surface area (Å²) in [5.41, 5.74) is 28.2. The van der Waals surface area contributed by atoms with Crippen LogP contribution < -0.4 is 9.80 Å². The standard InChI is InChI=1S/2C56H38N2/c1-2-10-39(11-3-1)42-20-28-49(29-21-42)57(50-30-22-43(23-31-50)47-19-18-40-12-4-6-14-45(40)36-47)51-32-24-44(25-33-51)48-27-35-56-54(38-48)53-16-8-9-17-55(53)58(56)52-34-26-41-13-5-7-15-46(41)37-52;1-2-11-39(12-3-1)41-21-29-47(30-22-41)57(49-33-26-44(27-34-49)52-19-10-16-43-14-6-7-17-51(43)52)48-31-23-42(24-32-48)46-28-36-56-54(38-46)53-18-8-9-20-55(53)58(56)50-35-25-40-13-4-5-15-45(40)37-50/h2*1-38H. The van der Waals surface area contributed by atoms with E-state index in [2.05, 4.69) is 480 Å². The number of hydrogen-bond acceptors (Lipinski definition) is 2. The molecule has 0 aliphatic rings. The van der Waals surface area contributed by atoms with Crippen molar-refractivity contribution in [1.82, 2.24) is 9.13 Å². The molecule has 0 N–H and O–H groups in total. The Morgan fingerprint density at radius 3 is 0.810 bits per heavy atom. The maximum absolute atomic E-state index is 2.40. The highest BCUT2D eigenvalue weighted by atomic mass is 15.1. The average molecular weight is 1480 g/mol. The molecule has 0 aliphatic carbocycles. The van der Waals surface area contributed by atoms with Crippen molar-refractivity contribution in [2.75, 3.05) is 9.80 Å². The van der Waals surface area contributed by atoms with Gasteiger partial charge in [-0.1, -0.05) is 322 Å². The summed E-state index contributed by atoms with van der Waals surface area (Å²) in [5.74, 6) is 0. The van der Waals surface area contributed by atoms with Crippen molar-refractivity contribution in [2.24, 2.45) is 0 Å². The fourth-order valence-electron chi connectivity index (χ4n) is 17.3. The summed E-state index contributed by atoms with van der Waals surface area (Å²) in [7, 11) is 0. The van der Waals surface area contributed by atoms with Crippen LogP contribution in [0.2, 0.25) is 0 Å². The average Bonchev–Trinajstić information content (AvgIpc) is 1.59. The first-order chi connectivity index (χ1) is 57.5. The molecule has 22 rings (SSSR count). The van der Waals surface area contributed by atoms with E-state index in [1.807, 2.05) is 0 Å². The van der Waals surface area contributed by atoms with Gasteiger partial charge in [0.05, 0.1) is 22.1 Å². The SMILES string of the molecule is c1ccc(-c2ccc(N(c3ccc(-c4ccc5c(c4)c4ccccc4n5-c4ccc5ccccc5c4)cc3)c3ccc(-c4cccc5ccccc45)cc3)cc2)cc1.c1ccc(-c2ccc(N(c3ccc(-c4ccc5ccccc5c4)cc3)c3ccc(-c4ccc5c(c4)c4ccccc4n5-c4ccc5ccccc5c4)cc3)cc2)cc1. The second kappa shape index (κ2) is 29.7. The second-order valence-corrected chi connectivity index (χ2v) is 30.0. The van der Waals surface area contributed by atoms with Gasteiger partial charge in [0.15, 0.2) is 0 Å². The Labute approximate surface area is 674 Å². The predicted octanol–water partition coefficient (Wildman–Crippen LogP) is 31.1. The third-order valence-electron chi connectivity index (χ3n) is 23.1. The number of fused-ring (bicyclic) bond motifs is 10. The van der Waals surface area contributed by atoms with Crippen LogP contribution in [0.15, 0.2) is 461 Å². The molecular formula is C112H76N4. The van der Waals surface area contributed by atoms with Crippen LogP contribution in [0.25, 0.3) is 165 Å². The molecule has 0 fully saturated rings. The van der Waals surface area contributed by atoms with Gasteiger partial charge < -0.3 is 18.9 Å². The normalized spacial score (nSPS) is 11.4. The van der Waals surface area contributed by atoms with Gasteiger partial charge in [-0.25, -0.2) is 0 Å². The first-order valence-electron chi connectivity index (χ1n) is 39.8. The van der Waals surface area contributed by atoms with Crippen LogP contribution in [0.1, 0.15) is 0 Å². The number of benzene rings is 20. The number of para-hydroxylation sites is 2. The summed E-state index contributed by atoms with van der Waals surface area (Å²) in [6, 6.07) is 167. The largest absolute Gasteiger partial charge is 0.311 e. The summed E-state index contributed by atoms with van der Waals surface area (Å²) in [6.45, 7) is 0. The molecule has 20 aromatic carbocycles. The van der Waals surface area contributed by atoms with Crippen molar-refractivity contribution < 1.29 is 0 Å². The molecule has 4 nitrogen and oxygen atoms in total. The molecule has 0 bridgehead atoms. The van der Waals surface area contributed by atoms with Crippen LogP contribution in [0, 0.1) is 0 Å². The summed E-state index contributed by atoms with van der Waals surface area (Å²) in [5, 5.41) is 15.0. The lowest BCUT2D eigenvalue weighted by Gasteiger charge is -2.26. The second-order valence-electron chi connectivity index (χ2n) is 30.0. The summed E-state index contributed by atoms with van der Waals surface area (Å²) in [4.78, 5) is 4.70. The Balaban J connectivity index is 0.000000145. The monoisotopic (exact) mass is 1480 g/mol. The first kappa shape index (κ1) is 68.7. The fourth-order valence-corrected chi connectivity index (χ4v) is 17.3. The number of aromatic nitrogens is 2.